The molecular formula is C12H19NO2. The SMILES string of the molecule is CC[C@@H](N)Cc1cccc(OC)c1OC. The zero-order chi connectivity index (χ0) is 11.3. The lowest BCUT2D eigenvalue weighted by molar-refractivity contribution is 0.350. The lowest BCUT2D eigenvalue weighted by atomic mass is 10.0. The lowest BCUT2D eigenvalue weighted by Gasteiger charge is -2.14. The smallest absolute Gasteiger partial charge is 0.163 e. The van der Waals surface area contributed by atoms with E-state index in [4.69, 9.17) is 15.2 Å². The van der Waals surface area contributed by atoms with E-state index in [2.05, 4.69) is 6.92 Å². The van der Waals surface area contributed by atoms with Crippen molar-refractivity contribution in [2.75, 3.05) is 14.2 Å². The van der Waals surface area contributed by atoms with E-state index in [-0.39, 0.29) is 6.04 Å². The van der Waals surface area contributed by atoms with Crippen LogP contribution in [0.15, 0.2) is 18.2 Å². The van der Waals surface area contributed by atoms with Crippen molar-refractivity contribution in [3.05, 3.63) is 23.8 Å². The number of methoxy groups -OCH3 is 2. The molecule has 0 aliphatic heterocycles. The second-order valence-corrected chi connectivity index (χ2v) is 3.53. The molecule has 0 fully saturated rings. The first-order valence-corrected chi connectivity index (χ1v) is 5.18. The van der Waals surface area contributed by atoms with Gasteiger partial charge in [0, 0.05) is 6.04 Å². The Kier molecular flexibility index (Phi) is 4.43. The van der Waals surface area contributed by atoms with Crippen LogP contribution in [0.5, 0.6) is 11.5 Å². The third-order valence-electron chi connectivity index (χ3n) is 2.49. The Labute approximate surface area is 91.2 Å². The van der Waals surface area contributed by atoms with Gasteiger partial charge < -0.3 is 15.2 Å². The quantitative estimate of drug-likeness (QED) is 0.806. The molecule has 84 valence electrons. The maximum atomic E-state index is 5.92. The summed E-state index contributed by atoms with van der Waals surface area (Å²) in [4.78, 5) is 0. The highest BCUT2D eigenvalue weighted by molar-refractivity contribution is 5.46. The van der Waals surface area contributed by atoms with Crippen molar-refractivity contribution >= 4 is 0 Å². The van der Waals surface area contributed by atoms with Crippen LogP contribution < -0.4 is 15.2 Å². The van der Waals surface area contributed by atoms with Gasteiger partial charge in [0.05, 0.1) is 14.2 Å². The van der Waals surface area contributed by atoms with Gasteiger partial charge in [0.25, 0.3) is 0 Å². The first kappa shape index (κ1) is 11.9. The Hall–Kier alpha value is -1.22. The number of ether oxygens (including phenoxy) is 2. The van der Waals surface area contributed by atoms with Gasteiger partial charge in [-0.3, -0.25) is 0 Å². The zero-order valence-electron chi connectivity index (χ0n) is 9.62. The van der Waals surface area contributed by atoms with Crippen molar-refractivity contribution in [2.45, 2.75) is 25.8 Å². The predicted molar refractivity (Wildman–Crippen MR) is 61.5 cm³/mol. The first-order chi connectivity index (χ1) is 7.22. The van der Waals surface area contributed by atoms with E-state index in [0.717, 1.165) is 29.9 Å². The van der Waals surface area contributed by atoms with Crippen molar-refractivity contribution < 1.29 is 9.47 Å². The number of hydrogen-bond acceptors (Lipinski definition) is 3. The topological polar surface area (TPSA) is 44.5 Å². The van der Waals surface area contributed by atoms with Crippen molar-refractivity contribution in [3.8, 4) is 11.5 Å². The molecule has 0 aliphatic rings. The normalized spacial score (nSPS) is 12.3. The van der Waals surface area contributed by atoms with Gasteiger partial charge in [-0.15, -0.1) is 0 Å². The van der Waals surface area contributed by atoms with Crippen LogP contribution >= 0.6 is 0 Å². The molecule has 0 radical (unpaired) electrons. The third-order valence-corrected chi connectivity index (χ3v) is 2.49. The van der Waals surface area contributed by atoms with Crippen LogP contribution in [0.1, 0.15) is 18.9 Å². The highest BCUT2D eigenvalue weighted by atomic mass is 16.5. The first-order valence-electron chi connectivity index (χ1n) is 5.18. The zero-order valence-corrected chi connectivity index (χ0v) is 9.62. The maximum absolute atomic E-state index is 5.92. The molecule has 1 rings (SSSR count). The Bertz CT molecular complexity index is 312. The molecule has 1 aromatic carbocycles. The summed E-state index contributed by atoms with van der Waals surface area (Å²) >= 11 is 0. The summed E-state index contributed by atoms with van der Waals surface area (Å²) in [5.41, 5.74) is 7.03. The Morgan fingerprint density at radius 2 is 2.00 bits per heavy atom. The maximum Gasteiger partial charge on any atom is 0.163 e. The standard InChI is InChI=1S/C12H19NO2/c1-4-10(13)8-9-6-5-7-11(14-2)12(9)15-3/h5-7,10H,4,8,13H2,1-3H3/t10-/m1/s1. The highest BCUT2D eigenvalue weighted by Gasteiger charge is 2.11. The molecule has 1 atom stereocenters. The monoisotopic (exact) mass is 209 g/mol. The molecule has 0 saturated carbocycles. The van der Waals surface area contributed by atoms with Gasteiger partial charge >= 0.3 is 0 Å². The van der Waals surface area contributed by atoms with Crippen LogP contribution in [0.2, 0.25) is 0 Å². The molecule has 3 heteroatoms. The van der Waals surface area contributed by atoms with E-state index in [9.17, 15) is 0 Å². The average Bonchev–Trinajstić information content (AvgIpc) is 2.28. The van der Waals surface area contributed by atoms with E-state index in [1.807, 2.05) is 18.2 Å². The molecule has 0 bridgehead atoms. The average molecular weight is 209 g/mol. The minimum Gasteiger partial charge on any atom is -0.493 e. The molecule has 0 aromatic heterocycles. The second kappa shape index (κ2) is 5.61. The fourth-order valence-electron chi connectivity index (χ4n) is 1.54. The largest absolute Gasteiger partial charge is 0.493 e. The third kappa shape index (κ3) is 2.86. The van der Waals surface area contributed by atoms with Gasteiger partial charge in [-0.05, 0) is 24.5 Å². The molecule has 0 unspecified atom stereocenters. The number of rotatable bonds is 5. The van der Waals surface area contributed by atoms with Crippen molar-refractivity contribution in [3.63, 3.8) is 0 Å². The van der Waals surface area contributed by atoms with E-state index in [0.29, 0.717) is 0 Å². The molecular weight excluding hydrogens is 190 g/mol. The van der Waals surface area contributed by atoms with Gasteiger partial charge in [0.1, 0.15) is 0 Å². The minimum atomic E-state index is 0.172. The van der Waals surface area contributed by atoms with Crippen LogP contribution in [-0.2, 0) is 6.42 Å². The van der Waals surface area contributed by atoms with Crippen molar-refractivity contribution in [1.29, 1.82) is 0 Å². The van der Waals surface area contributed by atoms with Gasteiger partial charge in [0.2, 0.25) is 0 Å². The summed E-state index contributed by atoms with van der Waals surface area (Å²) in [5, 5.41) is 0. The minimum absolute atomic E-state index is 0.172. The Balaban J connectivity index is 2.95. The predicted octanol–water partition coefficient (Wildman–Crippen LogP) is 1.98. The lowest BCUT2D eigenvalue weighted by Crippen LogP contribution is -2.21. The van der Waals surface area contributed by atoms with Crippen LogP contribution in [0, 0.1) is 0 Å². The van der Waals surface area contributed by atoms with E-state index >= 15 is 0 Å². The molecule has 2 N–H and O–H groups in total. The van der Waals surface area contributed by atoms with Crippen LogP contribution in [0.4, 0.5) is 0 Å². The van der Waals surface area contributed by atoms with Crippen LogP contribution in [0.25, 0.3) is 0 Å². The second-order valence-electron chi connectivity index (χ2n) is 3.53. The van der Waals surface area contributed by atoms with Crippen LogP contribution in [0.3, 0.4) is 0 Å². The summed E-state index contributed by atoms with van der Waals surface area (Å²) < 4.78 is 10.6. The fraction of sp³-hybridized carbons (Fsp3) is 0.500. The number of para-hydroxylation sites is 1. The summed E-state index contributed by atoms with van der Waals surface area (Å²) in [6, 6.07) is 6.04. The molecule has 15 heavy (non-hydrogen) atoms. The molecule has 0 amide bonds. The summed E-state index contributed by atoms with van der Waals surface area (Å²) in [6.07, 6.45) is 1.78. The molecule has 0 spiro atoms. The highest BCUT2D eigenvalue weighted by Crippen LogP contribution is 2.31. The van der Waals surface area contributed by atoms with E-state index < -0.39 is 0 Å². The molecule has 0 saturated heterocycles. The van der Waals surface area contributed by atoms with Crippen molar-refractivity contribution in [2.24, 2.45) is 5.73 Å². The molecule has 0 heterocycles. The number of benzene rings is 1. The van der Waals surface area contributed by atoms with E-state index in [1.165, 1.54) is 0 Å². The number of nitrogens with two attached hydrogens (primary N) is 1. The van der Waals surface area contributed by atoms with Crippen LogP contribution in [-0.4, -0.2) is 20.3 Å². The summed E-state index contributed by atoms with van der Waals surface area (Å²) in [7, 11) is 3.29. The fourth-order valence-corrected chi connectivity index (χ4v) is 1.54. The molecule has 3 nitrogen and oxygen atoms in total. The van der Waals surface area contributed by atoms with Gasteiger partial charge in [-0.1, -0.05) is 19.1 Å². The van der Waals surface area contributed by atoms with Crippen molar-refractivity contribution in [1.82, 2.24) is 0 Å². The summed E-state index contributed by atoms with van der Waals surface area (Å²) in [5.74, 6) is 1.56. The van der Waals surface area contributed by atoms with Gasteiger partial charge in [-0.25, -0.2) is 0 Å². The molecule has 1 aromatic rings. The Morgan fingerprint density at radius 1 is 1.27 bits per heavy atom. The number of hydrogen-bond donors (Lipinski definition) is 1. The van der Waals surface area contributed by atoms with Gasteiger partial charge in [0.15, 0.2) is 11.5 Å². The summed E-state index contributed by atoms with van der Waals surface area (Å²) in [6.45, 7) is 2.08. The van der Waals surface area contributed by atoms with E-state index in [1.54, 1.807) is 14.2 Å². The molecule has 0 aliphatic carbocycles. The van der Waals surface area contributed by atoms with Gasteiger partial charge in [-0.2, -0.15) is 0 Å². The Morgan fingerprint density at radius 3 is 2.53 bits per heavy atom.